The Bertz CT molecular complexity index is 438. The second-order valence-corrected chi connectivity index (χ2v) is 5.02. The van der Waals surface area contributed by atoms with E-state index in [1.54, 1.807) is 7.11 Å². The molecule has 0 spiro atoms. The van der Waals surface area contributed by atoms with Gasteiger partial charge in [-0.2, -0.15) is 5.26 Å². The zero-order chi connectivity index (χ0) is 13.7. The average molecular weight is 259 g/mol. The molecule has 1 aliphatic rings. The van der Waals surface area contributed by atoms with Crippen molar-refractivity contribution in [2.75, 3.05) is 38.7 Å². The summed E-state index contributed by atoms with van der Waals surface area (Å²) in [5.41, 5.74) is 1.18. The summed E-state index contributed by atoms with van der Waals surface area (Å²) >= 11 is 0. The molecule has 0 N–H and O–H groups in total. The molecule has 4 heteroatoms. The minimum Gasteiger partial charge on any atom is -0.497 e. The van der Waals surface area contributed by atoms with Gasteiger partial charge in [-0.05, 0) is 44.3 Å². The SMILES string of the molecule is COc1ccc(N2CCCN(C)CC2CC#N)cc1. The first kappa shape index (κ1) is 13.7. The van der Waals surface area contributed by atoms with E-state index in [1.165, 1.54) is 5.69 Å². The van der Waals surface area contributed by atoms with Gasteiger partial charge in [-0.25, -0.2) is 0 Å². The third-order valence-electron chi connectivity index (χ3n) is 3.63. The summed E-state index contributed by atoms with van der Waals surface area (Å²) in [6.45, 7) is 3.04. The predicted molar refractivity (Wildman–Crippen MR) is 76.5 cm³/mol. The Morgan fingerprint density at radius 3 is 2.68 bits per heavy atom. The number of likely N-dealkylation sites (N-methyl/N-ethyl adjacent to an activating group) is 1. The highest BCUT2D eigenvalue weighted by Crippen LogP contribution is 2.24. The summed E-state index contributed by atoms with van der Waals surface area (Å²) in [7, 11) is 3.80. The Kier molecular flexibility index (Phi) is 4.64. The lowest BCUT2D eigenvalue weighted by atomic mass is 10.1. The number of nitriles is 1. The molecule has 1 heterocycles. The fourth-order valence-corrected chi connectivity index (χ4v) is 2.64. The quantitative estimate of drug-likeness (QED) is 0.833. The molecular formula is C15H21N3O. The van der Waals surface area contributed by atoms with Crippen molar-refractivity contribution in [3.8, 4) is 11.8 Å². The number of hydrogen-bond acceptors (Lipinski definition) is 4. The normalized spacial score (nSPS) is 20.7. The molecule has 1 fully saturated rings. The highest BCUT2D eigenvalue weighted by Gasteiger charge is 2.23. The standard InChI is InChI=1S/C15H21N3O/c1-17-10-3-11-18(14(12-17)8-9-16)13-4-6-15(19-2)7-5-13/h4-7,14H,3,8,10-12H2,1-2H3. The molecule has 0 saturated carbocycles. The Balaban J connectivity index is 2.20. The Morgan fingerprint density at radius 1 is 1.32 bits per heavy atom. The molecule has 4 nitrogen and oxygen atoms in total. The molecule has 1 aromatic carbocycles. The van der Waals surface area contributed by atoms with Crippen molar-refractivity contribution < 1.29 is 4.74 Å². The van der Waals surface area contributed by atoms with Crippen LogP contribution in [-0.2, 0) is 0 Å². The van der Waals surface area contributed by atoms with E-state index in [4.69, 9.17) is 10.00 Å². The van der Waals surface area contributed by atoms with E-state index in [0.29, 0.717) is 6.42 Å². The topological polar surface area (TPSA) is 39.5 Å². The van der Waals surface area contributed by atoms with E-state index in [1.807, 2.05) is 12.1 Å². The highest BCUT2D eigenvalue weighted by molar-refractivity contribution is 5.50. The maximum Gasteiger partial charge on any atom is 0.119 e. The van der Waals surface area contributed by atoms with E-state index in [-0.39, 0.29) is 6.04 Å². The molecule has 0 radical (unpaired) electrons. The van der Waals surface area contributed by atoms with Crippen LogP contribution in [0.5, 0.6) is 5.75 Å². The molecule has 1 unspecified atom stereocenters. The summed E-state index contributed by atoms with van der Waals surface area (Å²) < 4.78 is 5.19. The number of methoxy groups -OCH3 is 1. The van der Waals surface area contributed by atoms with Gasteiger partial charge in [0.25, 0.3) is 0 Å². The number of ether oxygens (including phenoxy) is 1. The van der Waals surface area contributed by atoms with Crippen molar-refractivity contribution in [1.29, 1.82) is 5.26 Å². The smallest absolute Gasteiger partial charge is 0.119 e. The van der Waals surface area contributed by atoms with Gasteiger partial charge in [0.2, 0.25) is 0 Å². The minimum absolute atomic E-state index is 0.269. The average Bonchev–Trinajstić information content (AvgIpc) is 2.61. The van der Waals surface area contributed by atoms with Gasteiger partial charge in [-0.15, -0.1) is 0 Å². The fourth-order valence-electron chi connectivity index (χ4n) is 2.64. The van der Waals surface area contributed by atoms with Crippen molar-refractivity contribution in [2.24, 2.45) is 0 Å². The molecule has 1 saturated heterocycles. The molecule has 0 amide bonds. The Morgan fingerprint density at radius 2 is 2.05 bits per heavy atom. The highest BCUT2D eigenvalue weighted by atomic mass is 16.5. The lowest BCUT2D eigenvalue weighted by Gasteiger charge is -2.31. The predicted octanol–water partition coefficient (Wildman–Crippen LogP) is 2.12. The van der Waals surface area contributed by atoms with Crippen LogP contribution in [0.1, 0.15) is 12.8 Å². The molecule has 0 aliphatic carbocycles. The van der Waals surface area contributed by atoms with Crippen LogP contribution < -0.4 is 9.64 Å². The summed E-state index contributed by atoms with van der Waals surface area (Å²) in [6, 6.07) is 10.7. The first-order chi connectivity index (χ1) is 9.24. The lowest BCUT2D eigenvalue weighted by molar-refractivity contribution is 0.332. The van der Waals surface area contributed by atoms with E-state index >= 15 is 0 Å². The van der Waals surface area contributed by atoms with Gasteiger partial charge < -0.3 is 14.5 Å². The van der Waals surface area contributed by atoms with Crippen LogP contribution in [0.2, 0.25) is 0 Å². The summed E-state index contributed by atoms with van der Waals surface area (Å²) in [6.07, 6.45) is 1.70. The Labute approximate surface area is 115 Å². The monoisotopic (exact) mass is 259 g/mol. The van der Waals surface area contributed by atoms with Crippen LogP contribution in [0, 0.1) is 11.3 Å². The van der Waals surface area contributed by atoms with Crippen LogP contribution >= 0.6 is 0 Å². The van der Waals surface area contributed by atoms with E-state index in [9.17, 15) is 0 Å². The fraction of sp³-hybridized carbons (Fsp3) is 0.533. The number of benzene rings is 1. The van der Waals surface area contributed by atoms with Gasteiger partial charge in [-0.1, -0.05) is 0 Å². The van der Waals surface area contributed by atoms with Crippen LogP contribution in [0.4, 0.5) is 5.69 Å². The van der Waals surface area contributed by atoms with E-state index < -0.39 is 0 Å². The third kappa shape index (κ3) is 3.39. The first-order valence-electron chi connectivity index (χ1n) is 6.71. The van der Waals surface area contributed by atoms with Crippen LogP contribution in [-0.4, -0.2) is 44.7 Å². The van der Waals surface area contributed by atoms with Crippen molar-refractivity contribution >= 4 is 5.69 Å². The number of anilines is 1. The van der Waals surface area contributed by atoms with Gasteiger partial charge in [0.05, 0.1) is 25.6 Å². The summed E-state index contributed by atoms with van der Waals surface area (Å²) in [4.78, 5) is 4.66. The zero-order valence-corrected chi connectivity index (χ0v) is 11.7. The molecule has 19 heavy (non-hydrogen) atoms. The molecule has 1 aromatic rings. The number of hydrogen-bond donors (Lipinski definition) is 0. The van der Waals surface area contributed by atoms with Crippen LogP contribution in [0.3, 0.4) is 0 Å². The maximum absolute atomic E-state index is 9.03. The molecular weight excluding hydrogens is 238 g/mol. The lowest BCUT2D eigenvalue weighted by Crippen LogP contribution is -2.40. The van der Waals surface area contributed by atoms with Crippen LogP contribution in [0.25, 0.3) is 0 Å². The van der Waals surface area contributed by atoms with Crippen molar-refractivity contribution in [2.45, 2.75) is 18.9 Å². The summed E-state index contributed by atoms with van der Waals surface area (Å²) in [5.74, 6) is 0.868. The molecule has 2 rings (SSSR count). The molecule has 1 atom stereocenters. The second-order valence-electron chi connectivity index (χ2n) is 5.02. The van der Waals surface area contributed by atoms with Gasteiger partial charge in [-0.3, -0.25) is 0 Å². The van der Waals surface area contributed by atoms with Crippen LogP contribution in [0.15, 0.2) is 24.3 Å². The van der Waals surface area contributed by atoms with E-state index in [2.05, 4.69) is 35.0 Å². The van der Waals surface area contributed by atoms with Gasteiger partial charge >= 0.3 is 0 Å². The second kappa shape index (κ2) is 6.44. The molecule has 0 bridgehead atoms. The van der Waals surface area contributed by atoms with Gasteiger partial charge in [0.1, 0.15) is 5.75 Å². The van der Waals surface area contributed by atoms with Gasteiger partial charge in [0.15, 0.2) is 0 Å². The molecule has 102 valence electrons. The molecule has 0 aromatic heterocycles. The Hall–Kier alpha value is -1.73. The number of rotatable bonds is 3. The molecule has 1 aliphatic heterocycles. The number of nitrogens with zero attached hydrogens (tertiary/aromatic N) is 3. The van der Waals surface area contributed by atoms with E-state index in [0.717, 1.165) is 31.8 Å². The first-order valence-corrected chi connectivity index (χ1v) is 6.71. The summed E-state index contributed by atoms with van der Waals surface area (Å²) in [5, 5.41) is 9.03. The minimum atomic E-state index is 0.269. The van der Waals surface area contributed by atoms with Gasteiger partial charge in [0, 0.05) is 18.8 Å². The van der Waals surface area contributed by atoms with Crippen molar-refractivity contribution in [3.05, 3.63) is 24.3 Å². The maximum atomic E-state index is 9.03. The third-order valence-corrected chi connectivity index (χ3v) is 3.63. The van der Waals surface area contributed by atoms with Crippen molar-refractivity contribution in [3.63, 3.8) is 0 Å². The zero-order valence-electron chi connectivity index (χ0n) is 11.7. The largest absolute Gasteiger partial charge is 0.497 e. The van der Waals surface area contributed by atoms with Crippen molar-refractivity contribution in [1.82, 2.24) is 4.90 Å².